The number of nitrogens with zero attached hydrogens (tertiary/aromatic N) is 1. The summed E-state index contributed by atoms with van der Waals surface area (Å²) in [5.41, 5.74) is 6.17. The Morgan fingerprint density at radius 1 is 1.29 bits per heavy atom. The number of nitrogen functional groups attached to an aromatic ring is 1. The molecule has 0 spiro atoms. The van der Waals surface area contributed by atoms with Crippen molar-refractivity contribution in [3.63, 3.8) is 0 Å². The topological polar surface area (TPSA) is 85.3 Å². The standard InChI is InChI=1S/C15H11FN2O3/c1-20-15(19)10-3-2-4-13(14(10)18)21-12-6-5-9(8-17)7-11(12)16/h2-7H,18H2,1H3. The van der Waals surface area contributed by atoms with Gasteiger partial charge < -0.3 is 15.2 Å². The first-order chi connectivity index (χ1) is 10.1. The molecule has 0 atom stereocenters. The molecule has 0 radical (unpaired) electrons. The first-order valence-electron chi connectivity index (χ1n) is 5.91. The molecule has 0 aliphatic rings. The van der Waals surface area contributed by atoms with Crippen molar-refractivity contribution in [3.8, 4) is 17.6 Å². The van der Waals surface area contributed by atoms with Crippen LogP contribution in [0.15, 0.2) is 36.4 Å². The van der Waals surface area contributed by atoms with Crippen LogP contribution in [-0.2, 0) is 4.74 Å². The molecule has 0 aromatic heterocycles. The third-order valence-corrected chi connectivity index (χ3v) is 2.75. The number of methoxy groups -OCH3 is 1. The fourth-order valence-corrected chi connectivity index (χ4v) is 1.69. The van der Waals surface area contributed by atoms with E-state index in [0.29, 0.717) is 0 Å². The Morgan fingerprint density at radius 2 is 2.05 bits per heavy atom. The largest absolute Gasteiger partial charge is 0.465 e. The maximum atomic E-state index is 13.8. The van der Waals surface area contributed by atoms with Gasteiger partial charge in [0.05, 0.1) is 30.0 Å². The predicted octanol–water partition coefficient (Wildman–Crippen LogP) is 2.86. The highest BCUT2D eigenvalue weighted by molar-refractivity contribution is 5.96. The fraction of sp³-hybridized carbons (Fsp3) is 0.0667. The van der Waals surface area contributed by atoms with Crippen LogP contribution in [0, 0.1) is 17.1 Å². The van der Waals surface area contributed by atoms with E-state index in [2.05, 4.69) is 4.74 Å². The first kappa shape index (κ1) is 14.3. The molecule has 106 valence electrons. The lowest BCUT2D eigenvalue weighted by Gasteiger charge is -2.11. The van der Waals surface area contributed by atoms with Crippen LogP contribution in [0.25, 0.3) is 0 Å². The molecule has 0 fully saturated rings. The van der Waals surface area contributed by atoms with Gasteiger partial charge in [-0.05, 0) is 30.3 Å². The van der Waals surface area contributed by atoms with Crippen molar-refractivity contribution in [2.75, 3.05) is 12.8 Å². The van der Waals surface area contributed by atoms with Crippen LogP contribution in [-0.4, -0.2) is 13.1 Å². The van der Waals surface area contributed by atoms with Crippen LogP contribution in [0.1, 0.15) is 15.9 Å². The molecular weight excluding hydrogens is 275 g/mol. The maximum absolute atomic E-state index is 13.8. The molecule has 0 saturated carbocycles. The molecule has 21 heavy (non-hydrogen) atoms. The summed E-state index contributed by atoms with van der Waals surface area (Å²) in [6, 6.07) is 10.1. The van der Waals surface area contributed by atoms with Crippen LogP contribution in [0.2, 0.25) is 0 Å². The van der Waals surface area contributed by atoms with Gasteiger partial charge in [0.2, 0.25) is 0 Å². The van der Waals surface area contributed by atoms with E-state index in [-0.39, 0.29) is 28.3 Å². The molecule has 0 unspecified atom stereocenters. The lowest BCUT2D eigenvalue weighted by Crippen LogP contribution is -2.06. The van der Waals surface area contributed by atoms with Crippen LogP contribution >= 0.6 is 0 Å². The molecule has 0 amide bonds. The summed E-state index contributed by atoms with van der Waals surface area (Å²) in [6.07, 6.45) is 0. The quantitative estimate of drug-likeness (QED) is 0.692. The van der Waals surface area contributed by atoms with Crippen molar-refractivity contribution < 1.29 is 18.7 Å². The van der Waals surface area contributed by atoms with Crippen LogP contribution in [0.4, 0.5) is 10.1 Å². The number of nitrogens with two attached hydrogens (primary N) is 1. The lowest BCUT2D eigenvalue weighted by molar-refractivity contribution is 0.0601. The van der Waals surface area contributed by atoms with Crippen LogP contribution < -0.4 is 10.5 Å². The monoisotopic (exact) mass is 286 g/mol. The van der Waals surface area contributed by atoms with E-state index < -0.39 is 11.8 Å². The second-order valence-electron chi connectivity index (χ2n) is 4.07. The number of hydrogen-bond donors (Lipinski definition) is 1. The number of carbonyl (C=O) groups is 1. The van der Waals surface area contributed by atoms with Gasteiger partial charge in [0.1, 0.15) is 0 Å². The molecule has 2 N–H and O–H groups in total. The summed E-state index contributed by atoms with van der Waals surface area (Å²) in [6.45, 7) is 0. The van der Waals surface area contributed by atoms with Gasteiger partial charge in [-0.1, -0.05) is 6.07 Å². The number of anilines is 1. The number of halogens is 1. The molecule has 2 aromatic rings. The third-order valence-electron chi connectivity index (χ3n) is 2.75. The molecule has 0 saturated heterocycles. The normalized spacial score (nSPS) is 9.76. The first-order valence-corrected chi connectivity index (χ1v) is 5.91. The van der Waals surface area contributed by atoms with Crippen molar-refractivity contribution in [2.24, 2.45) is 0 Å². The van der Waals surface area contributed by atoms with Gasteiger partial charge >= 0.3 is 5.97 Å². The zero-order chi connectivity index (χ0) is 15.4. The van der Waals surface area contributed by atoms with E-state index >= 15 is 0 Å². The van der Waals surface area contributed by atoms with E-state index in [9.17, 15) is 9.18 Å². The number of nitriles is 1. The number of rotatable bonds is 3. The lowest BCUT2D eigenvalue weighted by atomic mass is 10.1. The van der Waals surface area contributed by atoms with E-state index in [1.54, 1.807) is 6.07 Å². The zero-order valence-electron chi connectivity index (χ0n) is 11.1. The number of benzene rings is 2. The Kier molecular flexibility index (Phi) is 4.05. The molecule has 0 heterocycles. The molecule has 2 aromatic carbocycles. The maximum Gasteiger partial charge on any atom is 0.340 e. The molecule has 0 bridgehead atoms. The number of ether oxygens (including phenoxy) is 2. The molecule has 2 rings (SSSR count). The average molecular weight is 286 g/mol. The zero-order valence-corrected chi connectivity index (χ0v) is 11.1. The average Bonchev–Trinajstić information content (AvgIpc) is 2.50. The van der Waals surface area contributed by atoms with Gasteiger partial charge in [-0.15, -0.1) is 0 Å². The smallest absolute Gasteiger partial charge is 0.340 e. The summed E-state index contributed by atoms with van der Waals surface area (Å²) in [5, 5.41) is 8.68. The van der Waals surface area contributed by atoms with Crippen molar-refractivity contribution in [1.82, 2.24) is 0 Å². The Bertz CT molecular complexity index is 738. The number of hydrogen-bond acceptors (Lipinski definition) is 5. The van der Waals surface area contributed by atoms with Gasteiger partial charge in [0.15, 0.2) is 17.3 Å². The number of esters is 1. The molecule has 6 heteroatoms. The van der Waals surface area contributed by atoms with Crippen molar-refractivity contribution in [3.05, 3.63) is 53.3 Å². The highest BCUT2D eigenvalue weighted by atomic mass is 19.1. The van der Waals surface area contributed by atoms with Gasteiger partial charge in [-0.25, -0.2) is 9.18 Å². The Balaban J connectivity index is 2.37. The van der Waals surface area contributed by atoms with E-state index in [1.807, 2.05) is 6.07 Å². The minimum Gasteiger partial charge on any atom is -0.465 e. The highest BCUT2D eigenvalue weighted by Crippen LogP contribution is 2.31. The van der Waals surface area contributed by atoms with Gasteiger partial charge in [-0.2, -0.15) is 5.26 Å². The van der Waals surface area contributed by atoms with Crippen molar-refractivity contribution in [1.29, 1.82) is 5.26 Å². The molecule has 0 aliphatic heterocycles. The van der Waals surface area contributed by atoms with Gasteiger partial charge in [0, 0.05) is 0 Å². The minimum atomic E-state index is -0.697. The Labute approximate surface area is 120 Å². The predicted molar refractivity (Wildman–Crippen MR) is 73.4 cm³/mol. The highest BCUT2D eigenvalue weighted by Gasteiger charge is 2.15. The molecular formula is C15H11FN2O3. The van der Waals surface area contributed by atoms with Crippen molar-refractivity contribution >= 4 is 11.7 Å². The Hall–Kier alpha value is -3.07. The number of carbonyl (C=O) groups excluding carboxylic acids is 1. The van der Waals surface area contributed by atoms with Crippen molar-refractivity contribution in [2.45, 2.75) is 0 Å². The van der Waals surface area contributed by atoms with Crippen LogP contribution in [0.5, 0.6) is 11.5 Å². The van der Waals surface area contributed by atoms with E-state index in [0.717, 1.165) is 6.07 Å². The van der Waals surface area contributed by atoms with Gasteiger partial charge in [0.25, 0.3) is 0 Å². The molecule has 0 aliphatic carbocycles. The summed E-state index contributed by atoms with van der Waals surface area (Å²) in [4.78, 5) is 11.5. The minimum absolute atomic E-state index is 0.0492. The molecule has 5 nitrogen and oxygen atoms in total. The van der Waals surface area contributed by atoms with Gasteiger partial charge in [-0.3, -0.25) is 0 Å². The SMILES string of the molecule is COC(=O)c1cccc(Oc2ccc(C#N)cc2F)c1N. The Morgan fingerprint density at radius 3 is 2.67 bits per heavy atom. The summed E-state index contributed by atoms with van der Waals surface area (Å²) < 4.78 is 23.7. The van der Waals surface area contributed by atoms with E-state index in [1.165, 1.54) is 31.4 Å². The second kappa shape index (κ2) is 5.92. The summed E-state index contributed by atoms with van der Waals surface area (Å²) >= 11 is 0. The second-order valence-corrected chi connectivity index (χ2v) is 4.07. The summed E-state index contributed by atoms with van der Waals surface area (Å²) in [5.74, 6) is -1.28. The van der Waals surface area contributed by atoms with E-state index in [4.69, 9.17) is 15.7 Å². The van der Waals surface area contributed by atoms with Crippen LogP contribution in [0.3, 0.4) is 0 Å². The summed E-state index contributed by atoms with van der Waals surface area (Å²) in [7, 11) is 1.23. The fourth-order valence-electron chi connectivity index (χ4n) is 1.69. The third kappa shape index (κ3) is 2.92. The number of para-hydroxylation sites is 1.